The van der Waals surface area contributed by atoms with Crippen LogP contribution in [0.4, 0.5) is 0 Å². The highest BCUT2D eigenvalue weighted by Crippen LogP contribution is 2.03. The van der Waals surface area contributed by atoms with E-state index in [1.807, 2.05) is 5.32 Å². The summed E-state index contributed by atoms with van der Waals surface area (Å²) in [5.74, 6) is -2.22. The van der Waals surface area contributed by atoms with Crippen LogP contribution < -0.4 is 5.32 Å². The minimum Gasteiger partial charge on any atom is -0.480 e. The molecule has 80 valence electrons. The molecule has 0 saturated carbocycles. The number of carboxylic acid groups (broad SMARTS) is 1. The molecule has 4 nitrogen and oxygen atoms in total. The minimum atomic E-state index is -2.38. The third-order valence-electron chi connectivity index (χ3n) is 1.65. The van der Waals surface area contributed by atoms with Gasteiger partial charge in [0.15, 0.2) is 0 Å². The van der Waals surface area contributed by atoms with Crippen LogP contribution in [0.15, 0.2) is 30.3 Å². The molecule has 0 aliphatic rings. The Kier molecular flexibility index (Phi) is 2.90. The Bertz CT molecular complexity index is 424. The van der Waals surface area contributed by atoms with Crippen LogP contribution >= 0.6 is 0 Å². The van der Waals surface area contributed by atoms with E-state index >= 15 is 0 Å². The Morgan fingerprint density at radius 3 is 2.60 bits per heavy atom. The summed E-state index contributed by atoms with van der Waals surface area (Å²) in [7, 11) is 0. The number of hydrogen-bond donors (Lipinski definition) is 2. The molecular weight excluding hydrogens is 195 g/mol. The van der Waals surface area contributed by atoms with E-state index in [0.717, 1.165) is 6.92 Å². The van der Waals surface area contributed by atoms with E-state index in [1.54, 1.807) is 30.3 Å². The van der Waals surface area contributed by atoms with Gasteiger partial charge in [-0.2, -0.15) is 0 Å². The van der Waals surface area contributed by atoms with Crippen LogP contribution in [-0.4, -0.2) is 23.0 Å². The predicted octanol–water partition coefficient (Wildman–Crippen LogP) is 0.818. The second-order valence-corrected chi connectivity index (χ2v) is 2.96. The van der Waals surface area contributed by atoms with E-state index in [2.05, 4.69) is 0 Å². The Morgan fingerprint density at radius 2 is 2.13 bits per heavy atom. The Balaban J connectivity index is 3.07. The fourth-order valence-electron chi connectivity index (χ4n) is 1.06. The number of amides is 1. The first-order valence-corrected chi connectivity index (χ1v) is 4.37. The number of hydrogen-bond acceptors (Lipinski definition) is 2. The van der Waals surface area contributed by atoms with Crippen LogP contribution in [0.2, 0.25) is 0 Å². The first-order valence-electron chi connectivity index (χ1n) is 5.45. The fraction of sp³-hybridized carbons (Fsp3) is 0.273. The number of benzene rings is 1. The maximum absolute atomic E-state index is 11.0. The lowest BCUT2D eigenvalue weighted by atomic mass is 10.1. The molecule has 1 aromatic carbocycles. The fourth-order valence-corrected chi connectivity index (χ4v) is 1.06. The second kappa shape index (κ2) is 5.14. The predicted molar refractivity (Wildman–Crippen MR) is 55.4 cm³/mol. The average Bonchev–Trinajstić information content (AvgIpc) is 2.28. The number of rotatable bonds is 4. The zero-order valence-corrected chi connectivity index (χ0v) is 8.23. The van der Waals surface area contributed by atoms with E-state index in [1.165, 1.54) is 0 Å². The van der Waals surface area contributed by atoms with Crippen LogP contribution in [0, 0.1) is 0 Å². The van der Waals surface area contributed by atoms with E-state index in [4.69, 9.17) is 7.85 Å². The molecule has 2 N–H and O–H groups in total. The average molecular weight is 210 g/mol. The number of carbonyl (C=O) groups excluding carboxylic acids is 1. The van der Waals surface area contributed by atoms with Gasteiger partial charge in [0.05, 0.1) is 1.37 Å². The smallest absolute Gasteiger partial charge is 0.326 e. The highest BCUT2D eigenvalue weighted by molar-refractivity contribution is 5.82. The van der Waals surface area contributed by atoms with E-state index < -0.39 is 24.3 Å². The van der Waals surface area contributed by atoms with Gasteiger partial charge >= 0.3 is 5.97 Å². The molecule has 0 radical (unpaired) electrons. The van der Waals surface area contributed by atoms with E-state index in [-0.39, 0.29) is 0 Å². The number of nitrogens with one attached hydrogen (secondary N) is 1. The van der Waals surface area contributed by atoms with Crippen molar-refractivity contribution in [2.45, 2.75) is 19.3 Å². The SMILES string of the molecule is [2H][C@H](c1ccccc1)[C@@]([2H])(N[13C](C)=O)C(=O)O. The molecule has 0 aromatic heterocycles. The maximum atomic E-state index is 11.0. The first kappa shape index (κ1) is 8.47. The van der Waals surface area contributed by atoms with Crippen LogP contribution in [0.25, 0.3) is 0 Å². The van der Waals surface area contributed by atoms with Gasteiger partial charge < -0.3 is 10.4 Å². The zero-order chi connectivity index (χ0) is 13.1. The summed E-state index contributed by atoms with van der Waals surface area (Å²) in [6.45, 7) is 1.12. The Morgan fingerprint density at radius 1 is 1.53 bits per heavy atom. The van der Waals surface area contributed by atoms with Crippen LogP contribution in [0.5, 0.6) is 0 Å². The van der Waals surface area contributed by atoms with Crippen LogP contribution in [-0.2, 0) is 16.0 Å². The summed E-state index contributed by atoms with van der Waals surface area (Å²) in [6.07, 6.45) is -1.40. The number of aliphatic carboxylic acids is 1. The van der Waals surface area contributed by atoms with Gasteiger partial charge in [0.25, 0.3) is 0 Å². The van der Waals surface area contributed by atoms with E-state index in [9.17, 15) is 9.59 Å². The van der Waals surface area contributed by atoms with Crippen molar-refractivity contribution in [2.75, 3.05) is 0 Å². The molecule has 0 spiro atoms. The molecule has 0 saturated heterocycles. The summed E-state index contributed by atoms with van der Waals surface area (Å²) in [5.41, 5.74) is 0.360. The van der Waals surface area contributed by atoms with Gasteiger partial charge in [-0.3, -0.25) is 4.79 Å². The number of carbonyl (C=O) groups is 2. The first-order chi connectivity index (χ1) is 7.88. The van der Waals surface area contributed by atoms with Gasteiger partial charge in [-0.25, -0.2) is 4.79 Å². The highest BCUT2D eigenvalue weighted by atomic mass is 16.4. The van der Waals surface area contributed by atoms with Gasteiger partial charge in [0.2, 0.25) is 5.91 Å². The van der Waals surface area contributed by atoms with Crippen molar-refractivity contribution in [2.24, 2.45) is 0 Å². The molecule has 0 aliphatic carbocycles. The highest BCUT2D eigenvalue weighted by Gasteiger charge is 2.18. The van der Waals surface area contributed by atoms with Crippen molar-refractivity contribution >= 4 is 11.9 Å². The third kappa shape index (κ3) is 3.81. The van der Waals surface area contributed by atoms with Gasteiger partial charge in [-0.15, -0.1) is 0 Å². The summed E-state index contributed by atoms with van der Waals surface area (Å²) in [4.78, 5) is 22.0. The van der Waals surface area contributed by atoms with Crippen molar-refractivity contribution in [3.05, 3.63) is 35.9 Å². The van der Waals surface area contributed by atoms with Gasteiger partial charge in [-0.05, 0) is 5.56 Å². The van der Waals surface area contributed by atoms with Crippen molar-refractivity contribution in [3.63, 3.8) is 0 Å². The molecule has 1 aromatic rings. The molecule has 0 heterocycles. The van der Waals surface area contributed by atoms with Gasteiger partial charge in [0.1, 0.15) is 6.02 Å². The van der Waals surface area contributed by atoms with Gasteiger partial charge in [-0.1, -0.05) is 30.3 Å². The Hall–Kier alpha value is -1.84. The monoisotopic (exact) mass is 210 g/mol. The van der Waals surface area contributed by atoms with Crippen molar-refractivity contribution in [1.29, 1.82) is 0 Å². The summed E-state index contributed by atoms with van der Waals surface area (Å²) < 4.78 is 15.5. The lowest BCUT2D eigenvalue weighted by molar-refractivity contribution is -0.141. The summed E-state index contributed by atoms with van der Waals surface area (Å²) in [6, 6.07) is 5.73. The maximum Gasteiger partial charge on any atom is 0.326 e. The molecule has 4 heteroatoms. The lowest BCUT2D eigenvalue weighted by Crippen LogP contribution is -2.41. The molecule has 15 heavy (non-hydrogen) atoms. The molecule has 1 amide bonds. The third-order valence-corrected chi connectivity index (χ3v) is 1.65. The topological polar surface area (TPSA) is 66.4 Å². The molecule has 0 bridgehead atoms. The van der Waals surface area contributed by atoms with E-state index in [0.29, 0.717) is 5.56 Å². The van der Waals surface area contributed by atoms with Gasteiger partial charge in [0, 0.05) is 14.7 Å². The standard InChI is InChI=1S/C11H13NO3/c1-8(13)12-10(11(14)15)7-9-5-3-2-4-6-9/h2-6,10H,7H2,1H3,(H,12,13)(H,14,15)/t10-/m1/s1/i7D,8+1,10D/t7-,10-. The van der Waals surface area contributed by atoms with Crippen LogP contribution in [0.1, 0.15) is 15.2 Å². The molecule has 0 fully saturated rings. The van der Waals surface area contributed by atoms with Crippen LogP contribution in [0.3, 0.4) is 0 Å². The Labute approximate surface area is 90.7 Å². The summed E-state index contributed by atoms with van der Waals surface area (Å²) >= 11 is 0. The zero-order valence-electron chi connectivity index (χ0n) is 10.2. The van der Waals surface area contributed by atoms with Crippen molar-refractivity contribution in [1.82, 2.24) is 5.32 Å². The lowest BCUT2D eigenvalue weighted by Gasteiger charge is -2.12. The summed E-state index contributed by atoms with van der Waals surface area (Å²) in [5, 5.41) is 11.0. The minimum absolute atomic E-state index is 0.360. The second-order valence-electron chi connectivity index (χ2n) is 2.96. The molecule has 0 unspecified atom stereocenters. The molecule has 1 rings (SSSR count). The van der Waals surface area contributed by atoms with Crippen molar-refractivity contribution in [3.8, 4) is 0 Å². The van der Waals surface area contributed by atoms with Crippen molar-refractivity contribution < 1.29 is 17.4 Å². The largest absolute Gasteiger partial charge is 0.480 e. The molecule has 0 aliphatic heterocycles. The number of carboxylic acids is 1. The normalized spacial score (nSPS) is 17.9. The quantitative estimate of drug-likeness (QED) is 0.723. The molecule has 2 atom stereocenters. The molecular formula is C11H13NO3.